The van der Waals surface area contributed by atoms with Crippen molar-refractivity contribution in [3.63, 3.8) is 0 Å². The minimum Gasteiger partial charge on any atom is -0.383 e. The number of anilines is 3. The Kier molecular flexibility index (Phi) is 3.18. The summed E-state index contributed by atoms with van der Waals surface area (Å²) in [4.78, 5) is 13.2. The molecule has 3 heterocycles. The van der Waals surface area contributed by atoms with Crippen LogP contribution in [0.3, 0.4) is 0 Å². The molecule has 2 fully saturated rings. The molecule has 0 amide bonds. The highest BCUT2D eigenvalue weighted by Gasteiger charge is 2.33. The number of hydrogen-bond donors (Lipinski definition) is 2. The zero-order valence-corrected chi connectivity index (χ0v) is 11.4. The molecule has 3 rings (SSSR count). The van der Waals surface area contributed by atoms with Crippen LogP contribution in [0.25, 0.3) is 0 Å². The lowest BCUT2D eigenvalue weighted by Crippen LogP contribution is -2.59. The summed E-state index contributed by atoms with van der Waals surface area (Å²) in [6, 6.07) is 2.90. The van der Waals surface area contributed by atoms with Gasteiger partial charge in [-0.2, -0.15) is 9.97 Å². The van der Waals surface area contributed by atoms with E-state index in [1.165, 1.54) is 25.8 Å². The van der Waals surface area contributed by atoms with E-state index >= 15 is 0 Å². The molecule has 2 aliphatic heterocycles. The van der Waals surface area contributed by atoms with Gasteiger partial charge in [-0.05, 0) is 26.3 Å². The zero-order valence-electron chi connectivity index (χ0n) is 11.4. The van der Waals surface area contributed by atoms with E-state index in [0.29, 0.717) is 17.9 Å². The first-order valence-corrected chi connectivity index (χ1v) is 7.04. The molecule has 0 radical (unpaired) electrons. The van der Waals surface area contributed by atoms with E-state index in [2.05, 4.69) is 26.7 Å². The molecular formula is C13H22N6. The average molecular weight is 262 g/mol. The molecule has 2 aliphatic rings. The van der Waals surface area contributed by atoms with Crippen LogP contribution in [0.1, 0.15) is 26.2 Å². The Labute approximate surface area is 113 Å². The summed E-state index contributed by atoms with van der Waals surface area (Å²) in [6.45, 7) is 5.57. The number of nitrogens with zero attached hydrogens (tertiary/aromatic N) is 4. The number of piperidine rings is 1. The quantitative estimate of drug-likeness (QED) is 0.775. The van der Waals surface area contributed by atoms with Crippen molar-refractivity contribution in [2.24, 2.45) is 0 Å². The molecule has 19 heavy (non-hydrogen) atoms. The summed E-state index contributed by atoms with van der Waals surface area (Å²) in [5.41, 5.74) is 11.5. The van der Waals surface area contributed by atoms with Gasteiger partial charge in [-0.3, -0.25) is 4.90 Å². The van der Waals surface area contributed by atoms with Crippen LogP contribution in [0, 0.1) is 0 Å². The maximum absolute atomic E-state index is 5.78. The Morgan fingerprint density at radius 1 is 1.21 bits per heavy atom. The Bertz CT molecular complexity index is 442. The summed E-state index contributed by atoms with van der Waals surface area (Å²) >= 11 is 0. The second kappa shape index (κ2) is 4.85. The van der Waals surface area contributed by atoms with Crippen LogP contribution < -0.4 is 16.4 Å². The van der Waals surface area contributed by atoms with Crippen LogP contribution in [0.2, 0.25) is 0 Å². The summed E-state index contributed by atoms with van der Waals surface area (Å²) in [5.74, 6) is 1.57. The van der Waals surface area contributed by atoms with E-state index < -0.39 is 0 Å². The number of nitrogen functional groups attached to an aromatic ring is 2. The summed E-state index contributed by atoms with van der Waals surface area (Å²) in [7, 11) is 0. The molecule has 1 aromatic rings. The van der Waals surface area contributed by atoms with E-state index in [1.54, 1.807) is 0 Å². The molecule has 6 heteroatoms. The predicted molar refractivity (Wildman–Crippen MR) is 76.9 cm³/mol. The van der Waals surface area contributed by atoms with Crippen LogP contribution in [0.15, 0.2) is 6.07 Å². The fraction of sp³-hybridized carbons (Fsp3) is 0.692. The van der Waals surface area contributed by atoms with Gasteiger partial charge < -0.3 is 16.4 Å². The summed E-state index contributed by atoms with van der Waals surface area (Å²) in [6.07, 6.45) is 3.94. The third kappa shape index (κ3) is 2.45. The first kappa shape index (κ1) is 12.5. The second-order valence-electron chi connectivity index (χ2n) is 5.66. The number of hydrogen-bond acceptors (Lipinski definition) is 6. The molecule has 104 valence electrons. The number of rotatable bonds is 1. The monoisotopic (exact) mass is 262 g/mol. The molecule has 2 unspecified atom stereocenters. The van der Waals surface area contributed by atoms with Crippen LogP contribution in [-0.2, 0) is 0 Å². The smallest absolute Gasteiger partial charge is 0.223 e. The lowest BCUT2D eigenvalue weighted by atomic mass is 9.97. The topological polar surface area (TPSA) is 84.3 Å². The normalized spacial score (nSPS) is 28.2. The van der Waals surface area contributed by atoms with Crippen molar-refractivity contribution in [2.45, 2.75) is 38.3 Å². The van der Waals surface area contributed by atoms with Gasteiger partial charge in [0, 0.05) is 31.2 Å². The highest BCUT2D eigenvalue weighted by atomic mass is 15.3. The maximum atomic E-state index is 5.78. The van der Waals surface area contributed by atoms with Gasteiger partial charge in [0.15, 0.2) is 0 Å². The van der Waals surface area contributed by atoms with Gasteiger partial charge in [-0.15, -0.1) is 0 Å². The van der Waals surface area contributed by atoms with Crippen LogP contribution in [0.5, 0.6) is 0 Å². The van der Waals surface area contributed by atoms with Gasteiger partial charge >= 0.3 is 0 Å². The summed E-state index contributed by atoms with van der Waals surface area (Å²) < 4.78 is 0. The van der Waals surface area contributed by atoms with Crippen molar-refractivity contribution in [1.29, 1.82) is 0 Å². The Morgan fingerprint density at radius 2 is 2.05 bits per heavy atom. The lowest BCUT2D eigenvalue weighted by molar-refractivity contribution is 0.115. The lowest BCUT2D eigenvalue weighted by Gasteiger charge is -2.48. The molecule has 4 N–H and O–H groups in total. The van der Waals surface area contributed by atoms with Crippen molar-refractivity contribution in [1.82, 2.24) is 14.9 Å². The first-order valence-electron chi connectivity index (χ1n) is 7.04. The molecule has 6 nitrogen and oxygen atoms in total. The van der Waals surface area contributed by atoms with E-state index in [1.807, 2.05) is 6.07 Å². The van der Waals surface area contributed by atoms with Crippen LogP contribution >= 0.6 is 0 Å². The van der Waals surface area contributed by atoms with Gasteiger partial charge in [0.1, 0.15) is 11.6 Å². The van der Waals surface area contributed by atoms with Gasteiger partial charge in [-0.25, -0.2) is 0 Å². The first-order chi connectivity index (χ1) is 9.13. The van der Waals surface area contributed by atoms with Crippen molar-refractivity contribution in [3.8, 4) is 0 Å². The van der Waals surface area contributed by atoms with Crippen molar-refractivity contribution < 1.29 is 0 Å². The Hall–Kier alpha value is -1.56. The Balaban J connectivity index is 1.83. The fourth-order valence-corrected chi connectivity index (χ4v) is 3.29. The number of fused-ring (bicyclic) bond motifs is 1. The van der Waals surface area contributed by atoms with Crippen molar-refractivity contribution in [3.05, 3.63) is 6.07 Å². The molecule has 2 saturated heterocycles. The van der Waals surface area contributed by atoms with E-state index in [0.717, 1.165) is 18.9 Å². The highest BCUT2D eigenvalue weighted by Crippen LogP contribution is 2.27. The van der Waals surface area contributed by atoms with E-state index in [9.17, 15) is 0 Å². The molecule has 0 spiro atoms. The number of nitrogens with two attached hydrogens (primary N) is 2. The SMILES string of the molecule is CC1CN2CCCCC2CN1c1cc(N)nc(N)n1. The zero-order chi connectivity index (χ0) is 13.4. The standard InChI is InChI=1S/C13H22N6/c1-9-7-18-5-3-2-4-10(18)8-19(9)12-6-11(14)16-13(15)17-12/h6,9-10H,2-5,7-8H2,1H3,(H4,14,15,16,17). The largest absolute Gasteiger partial charge is 0.383 e. The van der Waals surface area contributed by atoms with Crippen molar-refractivity contribution in [2.75, 3.05) is 36.0 Å². The minimum atomic E-state index is 0.258. The fourth-order valence-electron chi connectivity index (χ4n) is 3.29. The molecular weight excluding hydrogens is 240 g/mol. The van der Waals surface area contributed by atoms with E-state index in [4.69, 9.17) is 11.5 Å². The maximum Gasteiger partial charge on any atom is 0.223 e. The van der Waals surface area contributed by atoms with Gasteiger partial charge in [0.2, 0.25) is 5.95 Å². The molecule has 0 bridgehead atoms. The van der Waals surface area contributed by atoms with Crippen molar-refractivity contribution >= 4 is 17.6 Å². The predicted octanol–water partition coefficient (Wildman–Crippen LogP) is 0.704. The molecule has 0 aliphatic carbocycles. The molecule has 2 atom stereocenters. The number of piperazine rings is 1. The van der Waals surface area contributed by atoms with Gasteiger partial charge in [0.25, 0.3) is 0 Å². The molecule has 0 aromatic carbocycles. The Morgan fingerprint density at radius 3 is 2.84 bits per heavy atom. The van der Waals surface area contributed by atoms with Gasteiger partial charge in [-0.1, -0.05) is 6.42 Å². The third-order valence-electron chi connectivity index (χ3n) is 4.23. The van der Waals surface area contributed by atoms with Gasteiger partial charge in [0.05, 0.1) is 0 Å². The summed E-state index contributed by atoms with van der Waals surface area (Å²) in [5, 5.41) is 0. The van der Waals surface area contributed by atoms with Crippen LogP contribution in [0.4, 0.5) is 17.6 Å². The third-order valence-corrected chi connectivity index (χ3v) is 4.23. The average Bonchev–Trinajstić information content (AvgIpc) is 2.36. The highest BCUT2D eigenvalue weighted by molar-refractivity contribution is 5.51. The molecule has 0 saturated carbocycles. The second-order valence-corrected chi connectivity index (χ2v) is 5.66. The van der Waals surface area contributed by atoms with Crippen LogP contribution in [-0.4, -0.2) is 46.6 Å². The van der Waals surface area contributed by atoms with E-state index in [-0.39, 0.29) is 5.95 Å². The minimum absolute atomic E-state index is 0.258. The number of aromatic nitrogens is 2. The molecule has 1 aromatic heterocycles.